The predicted molar refractivity (Wildman–Crippen MR) is 62.9 cm³/mol. The second-order valence-electron chi connectivity index (χ2n) is 6.17. The van der Waals surface area contributed by atoms with Crippen LogP contribution in [0.2, 0.25) is 0 Å². The molecule has 0 bridgehead atoms. The fraction of sp³-hybridized carbons (Fsp3) is 0.643. The zero-order valence-electron chi connectivity index (χ0n) is 10.4. The van der Waals surface area contributed by atoms with Gasteiger partial charge in [0.25, 0.3) is 0 Å². The van der Waals surface area contributed by atoms with Crippen molar-refractivity contribution in [3.63, 3.8) is 0 Å². The van der Waals surface area contributed by atoms with Gasteiger partial charge in [0.1, 0.15) is 11.5 Å². The number of rotatable bonds is 3. The van der Waals surface area contributed by atoms with E-state index in [1.54, 1.807) is 0 Å². The molecule has 3 nitrogen and oxygen atoms in total. The van der Waals surface area contributed by atoms with Crippen molar-refractivity contribution in [1.82, 2.24) is 0 Å². The predicted octanol–water partition coefficient (Wildman–Crippen LogP) is 3.23. The maximum Gasteiger partial charge on any atom is 0.307 e. The van der Waals surface area contributed by atoms with E-state index in [0.717, 1.165) is 17.4 Å². The molecule has 4 atom stereocenters. The van der Waals surface area contributed by atoms with Gasteiger partial charge < -0.3 is 9.52 Å². The normalized spacial score (nSPS) is 37.8. The molecule has 2 saturated carbocycles. The molecule has 2 fully saturated rings. The van der Waals surface area contributed by atoms with Crippen LogP contribution in [0.4, 0.5) is 0 Å². The van der Waals surface area contributed by atoms with Crippen molar-refractivity contribution in [2.24, 2.45) is 17.3 Å². The number of hydrogen-bond acceptors (Lipinski definition) is 2. The van der Waals surface area contributed by atoms with Gasteiger partial charge in [0.05, 0.1) is 5.92 Å². The van der Waals surface area contributed by atoms with Gasteiger partial charge in [-0.05, 0) is 29.9 Å². The summed E-state index contributed by atoms with van der Waals surface area (Å²) in [6, 6.07) is 3.99. The van der Waals surface area contributed by atoms with Gasteiger partial charge >= 0.3 is 5.97 Å². The second kappa shape index (κ2) is 3.15. The molecule has 1 heterocycles. The first-order valence-electron chi connectivity index (χ1n) is 6.25. The molecule has 3 rings (SSSR count). The highest BCUT2D eigenvalue weighted by molar-refractivity contribution is 5.77. The van der Waals surface area contributed by atoms with Crippen molar-refractivity contribution in [3.05, 3.63) is 23.7 Å². The van der Waals surface area contributed by atoms with Crippen molar-refractivity contribution < 1.29 is 14.3 Å². The van der Waals surface area contributed by atoms with Crippen LogP contribution in [0.3, 0.4) is 0 Å². The molecular weight excluding hydrogens is 216 g/mol. The SMILES string of the molecule is CC1CC1c1ccc(C2C(C(=O)O)C2(C)C)o1. The lowest BCUT2D eigenvalue weighted by molar-refractivity contribution is -0.139. The van der Waals surface area contributed by atoms with Crippen molar-refractivity contribution in [3.8, 4) is 0 Å². The van der Waals surface area contributed by atoms with E-state index in [0.29, 0.717) is 5.92 Å². The molecule has 4 unspecified atom stereocenters. The van der Waals surface area contributed by atoms with Crippen LogP contribution >= 0.6 is 0 Å². The lowest BCUT2D eigenvalue weighted by atomic mass is 10.1. The number of aliphatic carboxylic acids is 1. The van der Waals surface area contributed by atoms with Crippen LogP contribution in [0, 0.1) is 17.3 Å². The average Bonchev–Trinajstić information content (AvgIpc) is 3.00. The van der Waals surface area contributed by atoms with E-state index >= 15 is 0 Å². The number of hydrogen-bond donors (Lipinski definition) is 1. The molecule has 17 heavy (non-hydrogen) atoms. The quantitative estimate of drug-likeness (QED) is 0.873. The summed E-state index contributed by atoms with van der Waals surface area (Å²) in [6.07, 6.45) is 1.20. The van der Waals surface area contributed by atoms with Crippen LogP contribution in [0.5, 0.6) is 0 Å². The zero-order valence-corrected chi connectivity index (χ0v) is 10.4. The maximum atomic E-state index is 11.1. The minimum absolute atomic E-state index is 0.0443. The molecule has 1 aromatic rings. The van der Waals surface area contributed by atoms with Crippen molar-refractivity contribution in [2.45, 2.75) is 39.0 Å². The van der Waals surface area contributed by atoms with E-state index in [4.69, 9.17) is 9.52 Å². The summed E-state index contributed by atoms with van der Waals surface area (Å²) >= 11 is 0. The number of carboxylic acid groups (broad SMARTS) is 1. The highest BCUT2D eigenvalue weighted by Crippen LogP contribution is 2.65. The van der Waals surface area contributed by atoms with Crippen LogP contribution in [0.1, 0.15) is 50.5 Å². The summed E-state index contributed by atoms with van der Waals surface area (Å²) in [7, 11) is 0. The summed E-state index contributed by atoms with van der Waals surface area (Å²) in [4.78, 5) is 11.1. The Morgan fingerprint density at radius 3 is 2.47 bits per heavy atom. The molecule has 0 saturated heterocycles. The molecule has 1 aromatic heterocycles. The van der Waals surface area contributed by atoms with E-state index in [1.807, 2.05) is 26.0 Å². The Labute approximate surface area is 101 Å². The van der Waals surface area contributed by atoms with E-state index in [2.05, 4.69) is 6.92 Å². The average molecular weight is 234 g/mol. The van der Waals surface area contributed by atoms with Gasteiger partial charge in [0, 0.05) is 11.8 Å². The summed E-state index contributed by atoms with van der Waals surface area (Å²) in [5, 5.41) is 9.15. The van der Waals surface area contributed by atoms with Crippen LogP contribution in [-0.2, 0) is 4.79 Å². The van der Waals surface area contributed by atoms with Crippen molar-refractivity contribution >= 4 is 5.97 Å². The largest absolute Gasteiger partial charge is 0.481 e. The van der Waals surface area contributed by atoms with Gasteiger partial charge in [0.15, 0.2) is 0 Å². The number of carbonyl (C=O) groups is 1. The Morgan fingerprint density at radius 1 is 1.41 bits per heavy atom. The standard InChI is InChI=1S/C14H18O3/c1-7-6-8(7)9-4-5-10(17-9)11-12(13(15)16)14(11,2)3/h4-5,7-8,11-12H,6H2,1-3H3,(H,15,16). The zero-order chi connectivity index (χ0) is 12.4. The first kappa shape index (κ1) is 10.9. The van der Waals surface area contributed by atoms with Crippen LogP contribution in [0.15, 0.2) is 16.5 Å². The summed E-state index contributed by atoms with van der Waals surface area (Å²) in [5.74, 6) is 2.22. The van der Waals surface area contributed by atoms with E-state index in [-0.39, 0.29) is 17.3 Å². The first-order chi connectivity index (χ1) is 7.93. The second-order valence-corrected chi connectivity index (χ2v) is 6.17. The van der Waals surface area contributed by atoms with Gasteiger partial charge in [-0.25, -0.2) is 0 Å². The molecule has 2 aliphatic rings. The molecule has 92 valence electrons. The highest BCUT2D eigenvalue weighted by atomic mass is 16.4. The Kier molecular flexibility index (Phi) is 2.02. The molecule has 0 aliphatic heterocycles. The number of carboxylic acids is 1. The van der Waals surface area contributed by atoms with E-state index in [9.17, 15) is 4.79 Å². The summed E-state index contributed by atoms with van der Waals surface area (Å²) in [5.41, 5.74) is -0.171. The Hall–Kier alpha value is -1.25. The lowest BCUT2D eigenvalue weighted by Crippen LogP contribution is -2.02. The van der Waals surface area contributed by atoms with Gasteiger partial charge in [-0.3, -0.25) is 4.79 Å². The summed E-state index contributed by atoms with van der Waals surface area (Å²) < 4.78 is 5.85. The molecule has 0 amide bonds. The van der Waals surface area contributed by atoms with Gasteiger partial charge in [-0.2, -0.15) is 0 Å². The first-order valence-corrected chi connectivity index (χ1v) is 6.25. The fourth-order valence-corrected chi connectivity index (χ4v) is 3.08. The molecular formula is C14H18O3. The van der Waals surface area contributed by atoms with E-state index < -0.39 is 5.97 Å². The molecule has 0 radical (unpaired) electrons. The Bertz CT molecular complexity index is 472. The topological polar surface area (TPSA) is 50.4 Å². The van der Waals surface area contributed by atoms with Crippen molar-refractivity contribution in [1.29, 1.82) is 0 Å². The highest BCUT2D eigenvalue weighted by Gasteiger charge is 2.64. The Morgan fingerprint density at radius 2 is 2.00 bits per heavy atom. The van der Waals surface area contributed by atoms with Crippen LogP contribution < -0.4 is 0 Å². The molecule has 0 aromatic carbocycles. The van der Waals surface area contributed by atoms with Gasteiger partial charge in [0.2, 0.25) is 0 Å². The van der Waals surface area contributed by atoms with Crippen molar-refractivity contribution in [2.75, 3.05) is 0 Å². The molecule has 3 heteroatoms. The summed E-state index contributed by atoms with van der Waals surface area (Å²) in [6.45, 7) is 6.21. The Balaban J connectivity index is 1.82. The minimum atomic E-state index is -0.710. The molecule has 0 spiro atoms. The molecule has 2 aliphatic carbocycles. The lowest BCUT2D eigenvalue weighted by Gasteiger charge is -1.98. The third-order valence-electron chi connectivity index (χ3n) is 4.52. The third-order valence-corrected chi connectivity index (χ3v) is 4.52. The van der Waals surface area contributed by atoms with Crippen LogP contribution in [-0.4, -0.2) is 11.1 Å². The smallest absolute Gasteiger partial charge is 0.307 e. The third kappa shape index (κ3) is 1.52. The van der Waals surface area contributed by atoms with Gasteiger partial charge in [-0.1, -0.05) is 20.8 Å². The van der Waals surface area contributed by atoms with Gasteiger partial charge in [-0.15, -0.1) is 0 Å². The monoisotopic (exact) mass is 234 g/mol. The minimum Gasteiger partial charge on any atom is -0.481 e. The number of furan rings is 1. The maximum absolute atomic E-state index is 11.1. The fourth-order valence-electron chi connectivity index (χ4n) is 3.08. The molecule has 1 N–H and O–H groups in total. The van der Waals surface area contributed by atoms with E-state index in [1.165, 1.54) is 6.42 Å². The van der Waals surface area contributed by atoms with Crippen LogP contribution in [0.25, 0.3) is 0 Å².